The highest BCUT2D eigenvalue weighted by atomic mass is 16.5. The number of furan rings is 1. The summed E-state index contributed by atoms with van der Waals surface area (Å²) >= 11 is 0. The molecule has 1 aromatic heterocycles. The number of benzene rings is 1. The Morgan fingerprint density at radius 1 is 0.962 bits per heavy atom. The quantitative estimate of drug-likeness (QED) is 0.796. The van der Waals surface area contributed by atoms with E-state index in [0.717, 1.165) is 0 Å². The minimum Gasteiger partial charge on any atom is -0.465 e. The van der Waals surface area contributed by atoms with Crippen LogP contribution in [-0.4, -0.2) is 31.1 Å². The Bertz CT molecular complexity index is 819. The molecule has 0 aliphatic heterocycles. The van der Waals surface area contributed by atoms with Crippen LogP contribution in [0.25, 0.3) is 0 Å². The number of carbonyl (C=O) groups is 3. The van der Waals surface area contributed by atoms with Crippen LogP contribution < -0.4 is 5.32 Å². The molecule has 7 nitrogen and oxygen atoms in total. The van der Waals surface area contributed by atoms with E-state index in [0.29, 0.717) is 33.9 Å². The fraction of sp³-hybridized carbons (Fsp3) is 0.316. The van der Waals surface area contributed by atoms with Crippen molar-refractivity contribution in [3.63, 3.8) is 0 Å². The molecule has 0 aliphatic carbocycles. The highest BCUT2D eigenvalue weighted by Crippen LogP contribution is 2.21. The summed E-state index contributed by atoms with van der Waals surface area (Å²) in [6.07, 6.45) is 0. The Labute approximate surface area is 151 Å². The van der Waals surface area contributed by atoms with Crippen LogP contribution in [0.3, 0.4) is 0 Å². The third kappa shape index (κ3) is 4.50. The summed E-state index contributed by atoms with van der Waals surface area (Å²) in [5.74, 6) is -0.427. The minimum absolute atomic E-state index is 0.290. The van der Waals surface area contributed by atoms with Gasteiger partial charge in [-0.15, -0.1) is 0 Å². The number of hydrogen-bond donors (Lipinski definition) is 1. The van der Waals surface area contributed by atoms with Crippen LogP contribution in [-0.2, 0) is 14.3 Å². The van der Waals surface area contributed by atoms with Crippen molar-refractivity contribution in [2.75, 3.05) is 18.5 Å². The summed E-state index contributed by atoms with van der Waals surface area (Å²) < 4.78 is 15.3. The van der Waals surface area contributed by atoms with Crippen molar-refractivity contribution >= 4 is 23.5 Å². The number of amides is 1. The van der Waals surface area contributed by atoms with E-state index in [1.165, 1.54) is 0 Å². The predicted molar refractivity (Wildman–Crippen MR) is 94.2 cm³/mol. The van der Waals surface area contributed by atoms with E-state index >= 15 is 0 Å². The first-order valence-corrected chi connectivity index (χ1v) is 8.14. The lowest BCUT2D eigenvalue weighted by Gasteiger charge is -2.07. The van der Waals surface area contributed by atoms with Crippen LogP contribution in [0.2, 0.25) is 0 Å². The molecule has 1 N–H and O–H groups in total. The van der Waals surface area contributed by atoms with Crippen molar-refractivity contribution < 1.29 is 28.3 Å². The van der Waals surface area contributed by atoms with Crippen LogP contribution in [0.15, 0.2) is 28.7 Å². The molecule has 26 heavy (non-hydrogen) atoms. The van der Waals surface area contributed by atoms with E-state index in [1.54, 1.807) is 52.0 Å². The van der Waals surface area contributed by atoms with Crippen molar-refractivity contribution in [2.24, 2.45) is 0 Å². The first-order chi connectivity index (χ1) is 12.3. The summed E-state index contributed by atoms with van der Waals surface area (Å²) in [7, 11) is 0. The average molecular weight is 359 g/mol. The van der Waals surface area contributed by atoms with E-state index in [-0.39, 0.29) is 6.61 Å². The van der Waals surface area contributed by atoms with Gasteiger partial charge in [0.05, 0.1) is 12.2 Å². The van der Waals surface area contributed by atoms with E-state index in [4.69, 9.17) is 13.9 Å². The smallest absolute Gasteiger partial charge is 0.342 e. The molecule has 1 aromatic carbocycles. The standard InChI is InChI=1S/C19H21NO6/c1-5-24-18(22)14-6-8-15(9-7-14)20-16(21)10-25-19(23)17-11(2)12(3)26-13(17)4/h6-9H,5,10H2,1-4H3,(H,20,21). The molecule has 0 saturated carbocycles. The SMILES string of the molecule is CCOC(=O)c1ccc(NC(=O)COC(=O)c2c(C)oc(C)c2C)cc1. The number of nitrogens with one attached hydrogen (secondary N) is 1. The van der Waals surface area contributed by atoms with Crippen LogP contribution in [0.1, 0.15) is 44.7 Å². The third-order valence-electron chi connectivity index (χ3n) is 3.78. The van der Waals surface area contributed by atoms with Gasteiger partial charge in [0, 0.05) is 11.3 Å². The summed E-state index contributed by atoms with van der Waals surface area (Å²) in [5, 5.41) is 2.59. The van der Waals surface area contributed by atoms with E-state index < -0.39 is 24.5 Å². The van der Waals surface area contributed by atoms with Gasteiger partial charge in [0.25, 0.3) is 5.91 Å². The molecular weight excluding hydrogens is 338 g/mol. The molecule has 2 rings (SSSR count). The van der Waals surface area contributed by atoms with E-state index in [9.17, 15) is 14.4 Å². The lowest BCUT2D eigenvalue weighted by atomic mass is 10.1. The molecule has 7 heteroatoms. The van der Waals surface area contributed by atoms with Gasteiger partial charge < -0.3 is 19.2 Å². The van der Waals surface area contributed by atoms with Gasteiger partial charge in [-0.1, -0.05) is 0 Å². The fourth-order valence-corrected chi connectivity index (χ4v) is 2.40. The van der Waals surface area contributed by atoms with Gasteiger partial charge in [0.2, 0.25) is 0 Å². The van der Waals surface area contributed by atoms with Crippen molar-refractivity contribution in [2.45, 2.75) is 27.7 Å². The fourth-order valence-electron chi connectivity index (χ4n) is 2.40. The van der Waals surface area contributed by atoms with Gasteiger partial charge in [-0.05, 0) is 52.0 Å². The summed E-state index contributed by atoms with van der Waals surface area (Å²) in [6.45, 7) is 6.77. The number of ether oxygens (including phenoxy) is 2. The molecule has 0 saturated heterocycles. The zero-order valence-electron chi connectivity index (χ0n) is 15.2. The van der Waals surface area contributed by atoms with Gasteiger partial charge in [0.15, 0.2) is 6.61 Å². The monoisotopic (exact) mass is 359 g/mol. The van der Waals surface area contributed by atoms with E-state index in [1.807, 2.05) is 0 Å². The molecular formula is C19H21NO6. The van der Waals surface area contributed by atoms with Crippen molar-refractivity contribution in [3.05, 3.63) is 52.5 Å². The summed E-state index contributed by atoms with van der Waals surface area (Å²) in [5.41, 5.74) is 1.90. The normalized spacial score (nSPS) is 10.3. The molecule has 0 bridgehead atoms. The Morgan fingerprint density at radius 2 is 1.62 bits per heavy atom. The Kier molecular flexibility index (Phi) is 6.16. The van der Waals surface area contributed by atoms with Crippen molar-refractivity contribution in [1.82, 2.24) is 0 Å². The Morgan fingerprint density at radius 3 is 2.15 bits per heavy atom. The number of aryl methyl sites for hydroxylation is 2. The lowest BCUT2D eigenvalue weighted by molar-refractivity contribution is -0.119. The second-order valence-electron chi connectivity index (χ2n) is 5.64. The number of esters is 2. The molecule has 138 valence electrons. The topological polar surface area (TPSA) is 94.8 Å². The first kappa shape index (κ1) is 19.2. The molecule has 0 aliphatic rings. The second-order valence-corrected chi connectivity index (χ2v) is 5.64. The van der Waals surface area contributed by atoms with Gasteiger partial charge >= 0.3 is 11.9 Å². The molecule has 0 unspecified atom stereocenters. The van der Waals surface area contributed by atoms with Crippen molar-refractivity contribution in [1.29, 1.82) is 0 Å². The van der Waals surface area contributed by atoms with Crippen LogP contribution in [0.4, 0.5) is 5.69 Å². The molecule has 2 aromatic rings. The number of hydrogen-bond acceptors (Lipinski definition) is 6. The molecule has 0 fully saturated rings. The van der Waals surface area contributed by atoms with Crippen molar-refractivity contribution in [3.8, 4) is 0 Å². The summed E-state index contributed by atoms with van der Waals surface area (Å²) in [4.78, 5) is 35.6. The minimum atomic E-state index is -0.607. The maximum Gasteiger partial charge on any atom is 0.342 e. The Hall–Kier alpha value is -3.09. The molecule has 1 heterocycles. The lowest BCUT2D eigenvalue weighted by Crippen LogP contribution is -2.21. The number of anilines is 1. The van der Waals surface area contributed by atoms with Gasteiger partial charge in [0.1, 0.15) is 17.1 Å². The molecule has 0 atom stereocenters. The highest BCUT2D eigenvalue weighted by Gasteiger charge is 2.20. The van der Waals surface area contributed by atoms with Gasteiger partial charge in [-0.3, -0.25) is 4.79 Å². The van der Waals surface area contributed by atoms with Gasteiger partial charge in [-0.25, -0.2) is 9.59 Å². The average Bonchev–Trinajstić information content (AvgIpc) is 2.86. The number of rotatable bonds is 6. The van der Waals surface area contributed by atoms with Crippen LogP contribution in [0, 0.1) is 20.8 Å². The first-order valence-electron chi connectivity index (χ1n) is 8.14. The van der Waals surface area contributed by atoms with Crippen LogP contribution in [0.5, 0.6) is 0 Å². The second kappa shape index (κ2) is 8.33. The molecule has 1 amide bonds. The number of carbonyl (C=O) groups excluding carboxylic acids is 3. The molecule has 0 spiro atoms. The van der Waals surface area contributed by atoms with E-state index in [2.05, 4.69) is 5.32 Å². The third-order valence-corrected chi connectivity index (χ3v) is 3.78. The highest BCUT2D eigenvalue weighted by molar-refractivity contribution is 5.97. The van der Waals surface area contributed by atoms with Crippen LogP contribution >= 0.6 is 0 Å². The summed E-state index contributed by atoms with van der Waals surface area (Å²) in [6, 6.07) is 6.22. The zero-order valence-corrected chi connectivity index (χ0v) is 15.2. The largest absolute Gasteiger partial charge is 0.465 e. The maximum atomic E-state index is 12.1. The predicted octanol–water partition coefficient (Wildman–Crippen LogP) is 3.18. The maximum absolute atomic E-state index is 12.1. The Balaban J connectivity index is 1.90. The van der Waals surface area contributed by atoms with Gasteiger partial charge in [-0.2, -0.15) is 0 Å². The zero-order chi connectivity index (χ0) is 19.3. The molecule has 0 radical (unpaired) electrons.